The van der Waals surface area contributed by atoms with Gasteiger partial charge in [0.15, 0.2) is 0 Å². The number of H-pyrrole nitrogens is 1. The Kier molecular flexibility index (Phi) is 5.20. The number of nitrogens with zero attached hydrogens (tertiary/aromatic N) is 4. The fourth-order valence-corrected chi connectivity index (χ4v) is 5.16. The first-order chi connectivity index (χ1) is 16.2. The zero-order chi connectivity index (χ0) is 22.2. The summed E-state index contributed by atoms with van der Waals surface area (Å²) >= 11 is 1.64. The molecule has 0 saturated carbocycles. The van der Waals surface area contributed by atoms with Gasteiger partial charge in [0.2, 0.25) is 0 Å². The first-order valence-corrected chi connectivity index (χ1v) is 12.0. The van der Waals surface area contributed by atoms with Crippen molar-refractivity contribution in [2.24, 2.45) is 0 Å². The summed E-state index contributed by atoms with van der Waals surface area (Å²) in [4.78, 5) is 28.9. The zero-order valence-corrected chi connectivity index (χ0v) is 18.9. The average molecular weight is 461 g/mol. The Morgan fingerprint density at radius 2 is 2.00 bits per heavy atom. The highest BCUT2D eigenvalue weighted by molar-refractivity contribution is 7.16. The van der Waals surface area contributed by atoms with E-state index in [1.807, 2.05) is 39.7 Å². The molecular weight excluding hydrogens is 436 g/mol. The van der Waals surface area contributed by atoms with E-state index in [0.717, 1.165) is 44.7 Å². The molecule has 0 spiro atoms. The number of amides is 2. The number of aromatic amines is 1. The van der Waals surface area contributed by atoms with Gasteiger partial charge >= 0.3 is 6.03 Å². The maximum atomic E-state index is 12.8. The molecule has 33 heavy (non-hydrogen) atoms. The summed E-state index contributed by atoms with van der Waals surface area (Å²) in [6.07, 6.45) is 4.78. The number of aromatic nitrogens is 3. The minimum Gasteiger partial charge on any atom is -0.378 e. The monoisotopic (exact) mass is 460 g/mol. The molecule has 9 heteroatoms. The van der Waals surface area contributed by atoms with Crippen LogP contribution in [0.1, 0.15) is 12.1 Å². The molecule has 8 nitrogen and oxygen atoms in total. The molecular formula is C24H24N6O2S. The number of thiazole rings is 1. The van der Waals surface area contributed by atoms with E-state index >= 15 is 0 Å². The van der Waals surface area contributed by atoms with Crippen molar-refractivity contribution in [2.45, 2.75) is 6.42 Å². The molecule has 0 bridgehead atoms. The number of morpholine rings is 1. The van der Waals surface area contributed by atoms with Gasteiger partial charge in [-0.3, -0.25) is 0 Å². The topological polar surface area (TPSA) is 86.4 Å². The van der Waals surface area contributed by atoms with Crippen molar-refractivity contribution in [1.82, 2.24) is 24.8 Å². The molecule has 6 rings (SSSR count). The highest BCUT2D eigenvalue weighted by Gasteiger charge is 2.25. The standard InChI is InChI=1S/C24H24N6O2S/c31-24(30-9-11-32-12-10-30)29-7-4-16(5-8-29)21-14-18-19(3-6-25-23(18)28-21)27-17-1-2-20-22(13-17)33-15-26-20/h1-4,6,13-15H,5,7-12H2,(H2,25,27,28). The predicted octanol–water partition coefficient (Wildman–Crippen LogP) is 4.46. The van der Waals surface area contributed by atoms with Gasteiger partial charge in [-0.2, -0.15) is 0 Å². The summed E-state index contributed by atoms with van der Waals surface area (Å²) in [6.45, 7) is 3.92. The van der Waals surface area contributed by atoms with Crippen LogP contribution in [0, 0.1) is 0 Å². The van der Waals surface area contributed by atoms with Crippen LogP contribution in [-0.4, -0.2) is 70.2 Å². The quantitative estimate of drug-likeness (QED) is 0.472. The molecule has 0 atom stereocenters. The molecule has 0 aliphatic carbocycles. The number of anilines is 2. The van der Waals surface area contributed by atoms with E-state index in [2.05, 4.69) is 38.5 Å². The third kappa shape index (κ3) is 3.94. The Balaban J connectivity index is 1.21. The number of nitrogens with one attached hydrogen (secondary N) is 2. The lowest BCUT2D eigenvalue weighted by Crippen LogP contribution is -2.49. The maximum absolute atomic E-state index is 12.8. The van der Waals surface area contributed by atoms with Crippen LogP contribution in [-0.2, 0) is 4.74 Å². The summed E-state index contributed by atoms with van der Waals surface area (Å²) in [7, 11) is 0. The molecule has 2 N–H and O–H groups in total. The Bertz CT molecular complexity index is 1350. The summed E-state index contributed by atoms with van der Waals surface area (Å²) in [6, 6.07) is 10.5. The van der Waals surface area contributed by atoms with Gasteiger partial charge in [-0.25, -0.2) is 14.8 Å². The van der Waals surface area contributed by atoms with Crippen LogP contribution in [0.4, 0.5) is 16.2 Å². The molecule has 168 valence electrons. The molecule has 2 aliphatic rings. The zero-order valence-electron chi connectivity index (χ0n) is 18.1. The van der Waals surface area contributed by atoms with E-state index in [9.17, 15) is 4.79 Å². The van der Waals surface area contributed by atoms with Crippen molar-refractivity contribution in [3.05, 3.63) is 53.8 Å². The SMILES string of the molecule is O=C(N1CC=C(c2cc3c(Nc4ccc5ncsc5c4)ccnc3[nH]2)CC1)N1CCOCC1. The van der Waals surface area contributed by atoms with Crippen molar-refractivity contribution in [3.8, 4) is 0 Å². The number of carbonyl (C=O) groups excluding carboxylic acids is 1. The van der Waals surface area contributed by atoms with Gasteiger partial charge in [0.25, 0.3) is 0 Å². The fraction of sp³-hybridized carbons (Fsp3) is 0.292. The van der Waals surface area contributed by atoms with Crippen LogP contribution in [0.25, 0.3) is 26.8 Å². The lowest BCUT2D eigenvalue weighted by molar-refractivity contribution is 0.0441. The van der Waals surface area contributed by atoms with Crippen molar-refractivity contribution < 1.29 is 9.53 Å². The summed E-state index contributed by atoms with van der Waals surface area (Å²) in [5, 5.41) is 4.58. The Morgan fingerprint density at radius 3 is 2.85 bits per heavy atom. The smallest absolute Gasteiger partial charge is 0.320 e. The lowest BCUT2D eigenvalue weighted by atomic mass is 10.0. The minimum atomic E-state index is 0.108. The third-order valence-electron chi connectivity index (χ3n) is 6.25. The second kappa shape index (κ2) is 8.49. The van der Waals surface area contributed by atoms with Crippen molar-refractivity contribution in [2.75, 3.05) is 44.7 Å². The van der Waals surface area contributed by atoms with Gasteiger partial charge < -0.3 is 24.8 Å². The minimum absolute atomic E-state index is 0.108. The second-order valence-corrected chi connectivity index (χ2v) is 9.16. The first kappa shape index (κ1) is 20.2. The van der Waals surface area contributed by atoms with E-state index in [1.165, 1.54) is 5.57 Å². The number of urea groups is 1. The van der Waals surface area contributed by atoms with Crippen molar-refractivity contribution in [1.29, 1.82) is 0 Å². The van der Waals surface area contributed by atoms with E-state index in [4.69, 9.17) is 4.74 Å². The predicted molar refractivity (Wildman–Crippen MR) is 131 cm³/mol. The molecule has 5 heterocycles. The number of carbonyl (C=O) groups is 1. The molecule has 1 fully saturated rings. The first-order valence-electron chi connectivity index (χ1n) is 11.1. The number of ether oxygens (including phenoxy) is 1. The van der Waals surface area contributed by atoms with Crippen LogP contribution in [0.3, 0.4) is 0 Å². The number of hydrogen-bond donors (Lipinski definition) is 2. The van der Waals surface area contributed by atoms with E-state index in [0.29, 0.717) is 39.4 Å². The van der Waals surface area contributed by atoms with E-state index < -0.39 is 0 Å². The van der Waals surface area contributed by atoms with E-state index in [-0.39, 0.29) is 6.03 Å². The van der Waals surface area contributed by atoms with Gasteiger partial charge in [-0.15, -0.1) is 11.3 Å². The number of fused-ring (bicyclic) bond motifs is 2. The highest BCUT2D eigenvalue weighted by atomic mass is 32.1. The molecule has 4 aromatic rings. The van der Waals surface area contributed by atoms with Crippen LogP contribution in [0.2, 0.25) is 0 Å². The highest BCUT2D eigenvalue weighted by Crippen LogP contribution is 2.31. The molecule has 1 saturated heterocycles. The van der Waals surface area contributed by atoms with Crippen LogP contribution in [0.5, 0.6) is 0 Å². The second-order valence-electron chi connectivity index (χ2n) is 8.27. The van der Waals surface area contributed by atoms with E-state index in [1.54, 1.807) is 11.3 Å². The summed E-state index contributed by atoms with van der Waals surface area (Å²) in [5.74, 6) is 0. The third-order valence-corrected chi connectivity index (χ3v) is 7.04. The van der Waals surface area contributed by atoms with Gasteiger partial charge in [-0.1, -0.05) is 6.08 Å². The van der Waals surface area contributed by atoms with Gasteiger partial charge in [-0.05, 0) is 42.3 Å². The maximum Gasteiger partial charge on any atom is 0.320 e. The summed E-state index contributed by atoms with van der Waals surface area (Å²) < 4.78 is 6.52. The molecule has 0 radical (unpaired) electrons. The van der Waals surface area contributed by atoms with Gasteiger partial charge in [0.05, 0.1) is 34.6 Å². The number of benzene rings is 1. The molecule has 1 aromatic carbocycles. The van der Waals surface area contributed by atoms with Crippen LogP contribution in [0.15, 0.2) is 48.1 Å². The summed E-state index contributed by atoms with van der Waals surface area (Å²) in [5.41, 5.74) is 8.04. The fourth-order valence-electron chi connectivity index (χ4n) is 4.44. The molecule has 0 unspecified atom stereocenters. The number of rotatable bonds is 3. The molecule has 2 aliphatic heterocycles. The van der Waals surface area contributed by atoms with Crippen LogP contribution >= 0.6 is 11.3 Å². The van der Waals surface area contributed by atoms with Gasteiger partial charge in [0.1, 0.15) is 5.65 Å². The van der Waals surface area contributed by atoms with Crippen molar-refractivity contribution >= 4 is 55.6 Å². The largest absolute Gasteiger partial charge is 0.378 e. The normalized spacial score (nSPS) is 16.9. The van der Waals surface area contributed by atoms with Gasteiger partial charge in [0, 0.05) is 49.1 Å². The lowest BCUT2D eigenvalue weighted by Gasteiger charge is -2.34. The molecule has 3 aromatic heterocycles. The Hall–Kier alpha value is -3.43. The Morgan fingerprint density at radius 1 is 1.09 bits per heavy atom. The Labute approximate surface area is 194 Å². The average Bonchev–Trinajstić information content (AvgIpc) is 3.52. The van der Waals surface area contributed by atoms with Crippen LogP contribution < -0.4 is 5.32 Å². The van der Waals surface area contributed by atoms with Crippen molar-refractivity contribution in [3.63, 3.8) is 0 Å². The molecule has 2 amide bonds. The number of pyridine rings is 1. The number of hydrogen-bond acceptors (Lipinski definition) is 6.